The van der Waals surface area contributed by atoms with E-state index in [1.54, 1.807) is 0 Å². The predicted octanol–water partition coefficient (Wildman–Crippen LogP) is -1.66. The number of ether oxygens (including phenoxy) is 1. The third-order valence-electron chi connectivity index (χ3n) is 1.76. The molecule has 0 unspecified atom stereocenters. The van der Waals surface area contributed by atoms with Crippen molar-refractivity contribution in [2.45, 2.75) is 24.4 Å². The van der Waals surface area contributed by atoms with Gasteiger partial charge < -0.3 is 25.2 Å². The molecule has 1 heterocycles. The SMILES string of the molecule is O=C(O)CC1(CC(=O)O)OC1(O)O. The minimum atomic E-state index is -2.64. The molecule has 1 fully saturated rings. The zero-order chi connectivity index (χ0) is 10.3. The first-order chi connectivity index (χ1) is 5.79. The van der Waals surface area contributed by atoms with E-state index in [-0.39, 0.29) is 0 Å². The Hall–Kier alpha value is -1.18. The van der Waals surface area contributed by atoms with Crippen LogP contribution in [-0.2, 0) is 14.3 Å². The van der Waals surface area contributed by atoms with E-state index < -0.39 is 36.4 Å². The molecule has 0 aromatic rings. The van der Waals surface area contributed by atoms with E-state index in [0.717, 1.165) is 0 Å². The molecule has 0 aromatic heterocycles. The third kappa shape index (κ3) is 1.77. The summed E-state index contributed by atoms with van der Waals surface area (Å²) in [4.78, 5) is 20.5. The van der Waals surface area contributed by atoms with E-state index in [4.69, 9.17) is 20.4 Å². The molecule has 0 atom stereocenters. The van der Waals surface area contributed by atoms with Crippen LogP contribution in [0.2, 0.25) is 0 Å². The van der Waals surface area contributed by atoms with Gasteiger partial charge in [0.05, 0.1) is 12.8 Å². The van der Waals surface area contributed by atoms with Crippen LogP contribution < -0.4 is 0 Å². The molecule has 13 heavy (non-hydrogen) atoms. The lowest BCUT2D eigenvalue weighted by atomic mass is 10.0. The molecular weight excluding hydrogens is 184 g/mol. The number of carboxylic acid groups (broad SMARTS) is 2. The van der Waals surface area contributed by atoms with Crippen molar-refractivity contribution in [3.05, 3.63) is 0 Å². The zero-order valence-electron chi connectivity index (χ0n) is 6.43. The van der Waals surface area contributed by atoms with Gasteiger partial charge in [-0.3, -0.25) is 9.59 Å². The summed E-state index contributed by atoms with van der Waals surface area (Å²) in [6, 6.07) is 0. The summed E-state index contributed by atoms with van der Waals surface area (Å²) < 4.78 is 4.26. The summed E-state index contributed by atoms with van der Waals surface area (Å²) in [6.07, 6.45) is -1.52. The van der Waals surface area contributed by atoms with Gasteiger partial charge >= 0.3 is 17.9 Å². The van der Waals surface area contributed by atoms with Crippen LogP contribution in [0.4, 0.5) is 0 Å². The molecule has 0 bridgehead atoms. The van der Waals surface area contributed by atoms with Crippen molar-refractivity contribution in [2.75, 3.05) is 0 Å². The summed E-state index contributed by atoms with van der Waals surface area (Å²) >= 11 is 0. The van der Waals surface area contributed by atoms with Gasteiger partial charge in [-0.25, -0.2) is 0 Å². The van der Waals surface area contributed by atoms with Gasteiger partial charge in [-0.15, -0.1) is 0 Å². The minimum Gasteiger partial charge on any atom is -0.481 e. The van der Waals surface area contributed by atoms with E-state index >= 15 is 0 Å². The zero-order valence-corrected chi connectivity index (χ0v) is 6.43. The van der Waals surface area contributed by atoms with Crippen LogP contribution in [0, 0.1) is 0 Å². The second-order valence-electron chi connectivity index (χ2n) is 2.85. The van der Waals surface area contributed by atoms with Gasteiger partial charge in [-0.1, -0.05) is 0 Å². The third-order valence-corrected chi connectivity index (χ3v) is 1.76. The highest BCUT2D eigenvalue weighted by molar-refractivity contribution is 5.74. The average molecular weight is 192 g/mol. The summed E-state index contributed by atoms with van der Waals surface area (Å²) in [7, 11) is 0. The van der Waals surface area contributed by atoms with Gasteiger partial charge in [0, 0.05) is 0 Å². The molecule has 1 saturated heterocycles. The quantitative estimate of drug-likeness (QED) is 0.310. The smallest absolute Gasteiger partial charge is 0.311 e. The number of aliphatic hydroxyl groups is 2. The molecule has 1 aliphatic heterocycles. The molecule has 7 nitrogen and oxygen atoms in total. The maximum absolute atomic E-state index is 10.2. The van der Waals surface area contributed by atoms with Crippen molar-refractivity contribution in [3.63, 3.8) is 0 Å². The monoisotopic (exact) mass is 192 g/mol. The molecule has 0 amide bonds. The number of epoxide rings is 1. The Bertz CT molecular complexity index is 240. The lowest BCUT2D eigenvalue weighted by molar-refractivity contribution is -0.157. The number of carboxylic acids is 2. The summed E-state index contributed by atoms with van der Waals surface area (Å²) in [5.41, 5.74) is -1.90. The Morgan fingerprint density at radius 3 is 1.54 bits per heavy atom. The maximum Gasteiger partial charge on any atom is 0.311 e. The number of hydrogen-bond acceptors (Lipinski definition) is 5. The van der Waals surface area contributed by atoms with Crippen molar-refractivity contribution in [2.24, 2.45) is 0 Å². The van der Waals surface area contributed by atoms with Gasteiger partial charge in [0.1, 0.15) is 0 Å². The maximum atomic E-state index is 10.2. The topological polar surface area (TPSA) is 128 Å². The fourth-order valence-corrected chi connectivity index (χ4v) is 1.10. The lowest BCUT2D eigenvalue weighted by Crippen LogP contribution is -2.30. The Labute approximate surface area is 72.2 Å². The van der Waals surface area contributed by atoms with E-state index in [1.807, 2.05) is 0 Å². The molecule has 74 valence electrons. The standard InChI is InChI=1S/C6H8O7/c7-3(8)1-5(2-4(9)10)6(11,12)13-5/h11-12H,1-2H2,(H,7,8)(H,9,10). The normalized spacial score (nSPS) is 22.3. The van der Waals surface area contributed by atoms with Gasteiger partial charge in [0.2, 0.25) is 0 Å². The highest BCUT2D eigenvalue weighted by Crippen LogP contribution is 2.49. The molecule has 7 heteroatoms. The second kappa shape index (κ2) is 2.66. The number of rotatable bonds is 4. The lowest BCUT2D eigenvalue weighted by Gasteiger charge is -2.06. The van der Waals surface area contributed by atoms with Crippen molar-refractivity contribution < 1.29 is 34.8 Å². The molecule has 4 N–H and O–H groups in total. The molecule has 0 spiro atoms. The largest absolute Gasteiger partial charge is 0.481 e. The van der Waals surface area contributed by atoms with Crippen molar-refractivity contribution in [3.8, 4) is 0 Å². The minimum absolute atomic E-state index is 0.758. The molecular formula is C6H8O7. The average Bonchev–Trinajstić information content (AvgIpc) is 2.27. The first-order valence-electron chi connectivity index (χ1n) is 3.38. The summed E-state index contributed by atoms with van der Waals surface area (Å²) in [5, 5.41) is 34.4. The van der Waals surface area contributed by atoms with Gasteiger partial charge in [0.25, 0.3) is 0 Å². The number of hydrogen-bond donors (Lipinski definition) is 4. The van der Waals surface area contributed by atoms with Gasteiger partial charge in [-0.05, 0) is 0 Å². The first kappa shape index (κ1) is 9.90. The summed E-state index contributed by atoms with van der Waals surface area (Å²) in [5.74, 6) is -5.35. The number of aliphatic carboxylic acids is 2. The highest BCUT2D eigenvalue weighted by Gasteiger charge is 2.71. The summed E-state index contributed by atoms with van der Waals surface area (Å²) in [6.45, 7) is 0. The molecule has 0 saturated carbocycles. The molecule has 1 aliphatic rings. The van der Waals surface area contributed by atoms with E-state index in [9.17, 15) is 9.59 Å². The molecule has 0 aromatic carbocycles. The van der Waals surface area contributed by atoms with E-state index in [1.165, 1.54) is 0 Å². The molecule has 0 aliphatic carbocycles. The van der Waals surface area contributed by atoms with Crippen LogP contribution in [0.25, 0.3) is 0 Å². The van der Waals surface area contributed by atoms with Crippen molar-refractivity contribution in [1.82, 2.24) is 0 Å². The number of carbonyl (C=O) groups is 2. The van der Waals surface area contributed by atoms with Crippen LogP contribution in [0.1, 0.15) is 12.8 Å². The molecule has 0 radical (unpaired) electrons. The molecule has 1 rings (SSSR count). The van der Waals surface area contributed by atoms with Crippen LogP contribution in [0.3, 0.4) is 0 Å². The Balaban J connectivity index is 2.69. The highest BCUT2D eigenvalue weighted by atomic mass is 16.9. The van der Waals surface area contributed by atoms with Gasteiger partial charge in [0.15, 0.2) is 5.60 Å². The second-order valence-corrected chi connectivity index (χ2v) is 2.85. The van der Waals surface area contributed by atoms with Crippen LogP contribution in [-0.4, -0.2) is 43.9 Å². The predicted molar refractivity (Wildman–Crippen MR) is 35.5 cm³/mol. The van der Waals surface area contributed by atoms with Crippen molar-refractivity contribution >= 4 is 11.9 Å². The van der Waals surface area contributed by atoms with Crippen LogP contribution >= 0.6 is 0 Å². The van der Waals surface area contributed by atoms with E-state index in [0.29, 0.717) is 0 Å². The fraction of sp³-hybridized carbons (Fsp3) is 0.667. The van der Waals surface area contributed by atoms with E-state index in [2.05, 4.69) is 4.74 Å². The first-order valence-corrected chi connectivity index (χ1v) is 3.38. The van der Waals surface area contributed by atoms with Gasteiger partial charge in [-0.2, -0.15) is 0 Å². The Morgan fingerprint density at radius 1 is 1.08 bits per heavy atom. The Morgan fingerprint density at radius 2 is 1.38 bits per heavy atom. The Kier molecular flexibility index (Phi) is 2.02. The van der Waals surface area contributed by atoms with Crippen LogP contribution in [0.5, 0.6) is 0 Å². The van der Waals surface area contributed by atoms with Crippen LogP contribution in [0.15, 0.2) is 0 Å². The fourth-order valence-electron chi connectivity index (χ4n) is 1.10. The van der Waals surface area contributed by atoms with Crippen molar-refractivity contribution in [1.29, 1.82) is 0 Å².